The number of fused-ring (bicyclic) bond motifs is 2. The highest BCUT2D eigenvalue weighted by Gasteiger charge is 2.39. The van der Waals surface area contributed by atoms with Gasteiger partial charge in [-0.1, -0.05) is 6.42 Å². The van der Waals surface area contributed by atoms with Crippen LogP contribution in [0.1, 0.15) is 37.1 Å². The predicted octanol–water partition coefficient (Wildman–Crippen LogP) is 2.07. The standard InChI is InChI=1S/C14H21N5S/c1-8-5-9(2)16-13(15-8)18-19-14(20)17-12-7-10-3-4-11(12)6-10/h5,10-12H,3-4,6-7H2,1-2H3,(H,15,16,18)(H2,17,19,20)/t10-,11-,12+/m1/s1. The molecule has 0 spiro atoms. The van der Waals surface area contributed by atoms with Gasteiger partial charge in [-0.2, -0.15) is 0 Å². The third-order valence-corrected chi connectivity index (χ3v) is 4.54. The van der Waals surface area contributed by atoms with Crippen LogP contribution < -0.4 is 16.2 Å². The molecule has 6 heteroatoms. The molecule has 5 nitrogen and oxygen atoms in total. The first-order valence-electron chi connectivity index (χ1n) is 7.25. The summed E-state index contributed by atoms with van der Waals surface area (Å²) in [6, 6.07) is 2.48. The molecule has 2 bridgehead atoms. The molecule has 1 aromatic heterocycles. The first kappa shape index (κ1) is 13.5. The molecule has 3 rings (SSSR count). The first-order chi connectivity index (χ1) is 9.60. The van der Waals surface area contributed by atoms with Gasteiger partial charge in [0.15, 0.2) is 5.11 Å². The van der Waals surface area contributed by atoms with E-state index in [-0.39, 0.29) is 0 Å². The molecule has 0 amide bonds. The fourth-order valence-electron chi connectivity index (χ4n) is 3.52. The van der Waals surface area contributed by atoms with E-state index in [1.807, 2.05) is 19.9 Å². The van der Waals surface area contributed by atoms with Crippen molar-refractivity contribution in [3.63, 3.8) is 0 Å². The van der Waals surface area contributed by atoms with E-state index in [1.54, 1.807) is 0 Å². The van der Waals surface area contributed by atoms with E-state index in [0.29, 0.717) is 17.1 Å². The van der Waals surface area contributed by atoms with Crippen LogP contribution in [0.15, 0.2) is 6.07 Å². The maximum atomic E-state index is 5.33. The summed E-state index contributed by atoms with van der Waals surface area (Å²) in [7, 11) is 0. The van der Waals surface area contributed by atoms with Crippen molar-refractivity contribution in [1.82, 2.24) is 20.7 Å². The van der Waals surface area contributed by atoms with E-state index in [0.717, 1.165) is 23.2 Å². The van der Waals surface area contributed by atoms with E-state index >= 15 is 0 Å². The minimum absolute atomic E-state index is 0.538. The number of nitrogens with one attached hydrogen (secondary N) is 3. The summed E-state index contributed by atoms with van der Waals surface area (Å²) < 4.78 is 0. The third-order valence-electron chi connectivity index (χ3n) is 4.32. The van der Waals surface area contributed by atoms with Crippen molar-refractivity contribution in [2.75, 3.05) is 5.43 Å². The molecule has 2 aliphatic carbocycles. The molecule has 0 unspecified atom stereocenters. The average molecular weight is 291 g/mol. The Kier molecular flexibility index (Phi) is 3.74. The number of thiocarbonyl (C=S) groups is 1. The molecular weight excluding hydrogens is 270 g/mol. The first-order valence-corrected chi connectivity index (χ1v) is 7.66. The van der Waals surface area contributed by atoms with Gasteiger partial charge in [0.1, 0.15) is 0 Å². The highest BCUT2D eigenvalue weighted by Crippen LogP contribution is 2.44. The Labute approximate surface area is 124 Å². The minimum Gasteiger partial charge on any atom is -0.358 e. The fourth-order valence-corrected chi connectivity index (χ4v) is 3.72. The summed E-state index contributed by atoms with van der Waals surface area (Å²) in [6.45, 7) is 3.90. The molecule has 2 saturated carbocycles. The van der Waals surface area contributed by atoms with Gasteiger partial charge in [-0.25, -0.2) is 9.97 Å². The van der Waals surface area contributed by atoms with Crippen molar-refractivity contribution in [3.05, 3.63) is 17.5 Å². The molecule has 20 heavy (non-hydrogen) atoms. The molecule has 1 heterocycles. The van der Waals surface area contributed by atoms with Crippen molar-refractivity contribution in [1.29, 1.82) is 0 Å². The lowest BCUT2D eigenvalue weighted by Gasteiger charge is -2.24. The number of hydrogen-bond acceptors (Lipinski definition) is 4. The fraction of sp³-hybridized carbons (Fsp3) is 0.643. The lowest BCUT2D eigenvalue weighted by atomic mass is 9.96. The number of anilines is 1. The summed E-state index contributed by atoms with van der Waals surface area (Å²) in [5, 5.41) is 4.04. The maximum Gasteiger partial charge on any atom is 0.242 e. The average Bonchev–Trinajstić information content (AvgIpc) is 2.97. The summed E-state index contributed by atoms with van der Waals surface area (Å²) in [4.78, 5) is 8.61. The Hall–Kier alpha value is -1.43. The van der Waals surface area contributed by atoms with E-state index < -0.39 is 0 Å². The van der Waals surface area contributed by atoms with Crippen LogP contribution in [0.4, 0.5) is 5.95 Å². The van der Waals surface area contributed by atoms with Gasteiger partial charge in [-0.05, 0) is 63.2 Å². The van der Waals surface area contributed by atoms with Crippen molar-refractivity contribution >= 4 is 23.3 Å². The zero-order chi connectivity index (χ0) is 14.1. The van der Waals surface area contributed by atoms with Crippen LogP contribution in [0, 0.1) is 25.7 Å². The largest absolute Gasteiger partial charge is 0.358 e. The molecule has 0 saturated heterocycles. The number of aromatic nitrogens is 2. The Balaban J connectivity index is 1.49. The Morgan fingerprint density at radius 2 is 1.95 bits per heavy atom. The van der Waals surface area contributed by atoms with E-state index in [1.165, 1.54) is 25.7 Å². The Bertz CT molecular complexity index is 498. The second-order valence-corrected chi connectivity index (χ2v) is 6.39. The molecule has 108 valence electrons. The lowest BCUT2D eigenvalue weighted by molar-refractivity contribution is 0.390. The monoisotopic (exact) mass is 291 g/mol. The van der Waals surface area contributed by atoms with E-state index in [4.69, 9.17) is 12.2 Å². The second kappa shape index (κ2) is 5.52. The molecule has 2 aliphatic rings. The number of aryl methyl sites for hydroxylation is 2. The Morgan fingerprint density at radius 1 is 1.20 bits per heavy atom. The predicted molar refractivity (Wildman–Crippen MR) is 83.2 cm³/mol. The smallest absolute Gasteiger partial charge is 0.242 e. The van der Waals surface area contributed by atoms with Crippen molar-refractivity contribution < 1.29 is 0 Å². The third kappa shape index (κ3) is 3.00. The maximum absolute atomic E-state index is 5.33. The van der Waals surface area contributed by atoms with Gasteiger partial charge in [0.05, 0.1) is 0 Å². The summed E-state index contributed by atoms with van der Waals surface area (Å²) in [5.41, 5.74) is 7.83. The van der Waals surface area contributed by atoms with Crippen molar-refractivity contribution in [3.8, 4) is 0 Å². The van der Waals surface area contributed by atoms with Crippen molar-refractivity contribution in [2.24, 2.45) is 11.8 Å². The van der Waals surface area contributed by atoms with Gasteiger partial charge in [0, 0.05) is 17.4 Å². The lowest BCUT2D eigenvalue weighted by Crippen LogP contribution is -2.46. The molecule has 3 N–H and O–H groups in total. The highest BCUT2D eigenvalue weighted by molar-refractivity contribution is 7.80. The molecular formula is C14H21N5S. The van der Waals surface area contributed by atoms with E-state index in [2.05, 4.69) is 26.1 Å². The van der Waals surface area contributed by atoms with Crippen LogP contribution in [0.25, 0.3) is 0 Å². The Morgan fingerprint density at radius 3 is 2.55 bits per heavy atom. The highest BCUT2D eigenvalue weighted by atomic mass is 32.1. The van der Waals surface area contributed by atoms with Crippen LogP contribution >= 0.6 is 12.2 Å². The molecule has 0 aromatic carbocycles. The van der Waals surface area contributed by atoms with Crippen LogP contribution in [0.5, 0.6) is 0 Å². The van der Waals surface area contributed by atoms with Crippen LogP contribution in [0.2, 0.25) is 0 Å². The normalized spacial score (nSPS) is 27.4. The van der Waals surface area contributed by atoms with Crippen LogP contribution in [-0.4, -0.2) is 21.1 Å². The number of hydrogen-bond donors (Lipinski definition) is 3. The van der Waals surface area contributed by atoms with E-state index in [9.17, 15) is 0 Å². The summed E-state index contributed by atoms with van der Waals surface area (Å²) in [5.74, 6) is 2.27. The SMILES string of the molecule is Cc1cc(C)nc(NNC(=S)N[C@H]2C[C@@H]3CC[C@@H]2C3)n1. The van der Waals surface area contributed by atoms with Gasteiger partial charge in [0.2, 0.25) is 5.95 Å². The van der Waals surface area contributed by atoms with Gasteiger partial charge < -0.3 is 5.32 Å². The molecule has 3 atom stereocenters. The molecule has 0 aliphatic heterocycles. The second-order valence-electron chi connectivity index (χ2n) is 5.98. The van der Waals surface area contributed by atoms with Crippen molar-refractivity contribution in [2.45, 2.75) is 45.6 Å². The molecule has 1 aromatic rings. The van der Waals surface area contributed by atoms with Gasteiger partial charge in [0.25, 0.3) is 0 Å². The zero-order valence-corrected chi connectivity index (χ0v) is 12.8. The quantitative estimate of drug-likeness (QED) is 0.585. The molecule has 0 radical (unpaired) electrons. The number of hydrazine groups is 1. The van der Waals surface area contributed by atoms with Gasteiger partial charge in [-0.15, -0.1) is 0 Å². The van der Waals surface area contributed by atoms with Crippen LogP contribution in [0.3, 0.4) is 0 Å². The summed E-state index contributed by atoms with van der Waals surface area (Å²) in [6.07, 6.45) is 5.37. The van der Waals surface area contributed by atoms with Crippen LogP contribution in [-0.2, 0) is 0 Å². The number of rotatable bonds is 3. The van der Waals surface area contributed by atoms with Gasteiger partial charge in [-0.3, -0.25) is 10.9 Å². The summed E-state index contributed by atoms with van der Waals surface area (Å²) >= 11 is 5.33. The van der Waals surface area contributed by atoms with Gasteiger partial charge >= 0.3 is 0 Å². The number of nitrogens with zero attached hydrogens (tertiary/aromatic N) is 2. The zero-order valence-electron chi connectivity index (χ0n) is 11.9. The molecule has 2 fully saturated rings. The minimum atomic E-state index is 0.538. The topological polar surface area (TPSA) is 61.9 Å².